The van der Waals surface area contributed by atoms with Crippen molar-refractivity contribution >= 4 is 11.8 Å². The number of aryl methyl sites for hydroxylation is 2. The molecule has 0 aromatic heterocycles. The normalized spacial score (nSPS) is 18.1. The largest absolute Gasteiger partial charge is 0.469 e. The third-order valence-electron chi connectivity index (χ3n) is 3.69. The monoisotopic (exact) mass is 246 g/mol. The van der Waals surface area contributed by atoms with Gasteiger partial charge in [-0.25, -0.2) is 0 Å². The van der Waals surface area contributed by atoms with E-state index in [0.29, 0.717) is 6.42 Å². The van der Waals surface area contributed by atoms with Gasteiger partial charge in [0, 0.05) is 5.56 Å². The second-order valence-electron chi connectivity index (χ2n) is 4.95. The summed E-state index contributed by atoms with van der Waals surface area (Å²) in [6, 6.07) is 4.03. The Kier molecular flexibility index (Phi) is 3.50. The van der Waals surface area contributed by atoms with E-state index in [9.17, 15) is 9.59 Å². The highest BCUT2D eigenvalue weighted by atomic mass is 16.5. The van der Waals surface area contributed by atoms with Crippen LogP contribution in [-0.4, -0.2) is 18.9 Å². The first-order valence-electron chi connectivity index (χ1n) is 6.24. The van der Waals surface area contributed by atoms with Crippen LogP contribution >= 0.6 is 0 Å². The van der Waals surface area contributed by atoms with E-state index in [4.69, 9.17) is 4.74 Å². The molecule has 0 saturated heterocycles. The highest BCUT2D eigenvalue weighted by molar-refractivity contribution is 5.95. The van der Waals surface area contributed by atoms with Crippen LogP contribution in [0.15, 0.2) is 12.1 Å². The van der Waals surface area contributed by atoms with E-state index in [0.717, 1.165) is 29.5 Å². The number of ether oxygens (including phenoxy) is 1. The Morgan fingerprint density at radius 1 is 1.28 bits per heavy atom. The number of hydrogen-bond donors (Lipinski definition) is 0. The van der Waals surface area contributed by atoms with Gasteiger partial charge >= 0.3 is 5.97 Å². The SMILES string of the molecule is COC(=O)C1CCc2cc(C)c(C(C)=O)cc2C1. The van der Waals surface area contributed by atoms with E-state index in [1.807, 2.05) is 13.0 Å². The van der Waals surface area contributed by atoms with Gasteiger partial charge in [-0.3, -0.25) is 9.59 Å². The van der Waals surface area contributed by atoms with Crippen molar-refractivity contribution in [1.29, 1.82) is 0 Å². The highest BCUT2D eigenvalue weighted by Gasteiger charge is 2.26. The van der Waals surface area contributed by atoms with Gasteiger partial charge in [0.15, 0.2) is 5.78 Å². The lowest BCUT2D eigenvalue weighted by Crippen LogP contribution is -2.24. The fourth-order valence-electron chi connectivity index (χ4n) is 2.68. The molecular formula is C15H18O3. The summed E-state index contributed by atoms with van der Waals surface area (Å²) < 4.78 is 4.80. The summed E-state index contributed by atoms with van der Waals surface area (Å²) in [4.78, 5) is 23.1. The number of ketones is 1. The van der Waals surface area contributed by atoms with Crippen molar-refractivity contribution in [3.63, 3.8) is 0 Å². The van der Waals surface area contributed by atoms with Crippen LogP contribution in [0.1, 0.15) is 40.4 Å². The Balaban J connectivity index is 2.34. The number of carbonyl (C=O) groups is 2. The molecule has 3 nitrogen and oxygen atoms in total. The number of hydrogen-bond acceptors (Lipinski definition) is 3. The standard InChI is InChI=1S/C15H18O3/c1-9-6-11-4-5-12(15(17)18-3)7-13(11)8-14(9)10(2)16/h6,8,12H,4-5,7H2,1-3H3. The number of fused-ring (bicyclic) bond motifs is 1. The minimum Gasteiger partial charge on any atom is -0.469 e. The van der Waals surface area contributed by atoms with Gasteiger partial charge in [0.2, 0.25) is 0 Å². The van der Waals surface area contributed by atoms with Crippen molar-refractivity contribution in [2.24, 2.45) is 5.92 Å². The van der Waals surface area contributed by atoms with Gasteiger partial charge in [-0.05, 0) is 55.9 Å². The Hall–Kier alpha value is -1.64. The molecule has 0 radical (unpaired) electrons. The molecule has 0 bridgehead atoms. The fraction of sp³-hybridized carbons (Fsp3) is 0.467. The van der Waals surface area contributed by atoms with Crippen LogP contribution in [-0.2, 0) is 22.4 Å². The summed E-state index contributed by atoms with van der Waals surface area (Å²) in [5, 5.41) is 0. The summed E-state index contributed by atoms with van der Waals surface area (Å²) in [6.45, 7) is 3.54. The molecule has 0 aliphatic heterocycles. The fourth-order valence-corrected chi connectivity index (χ4v) is 2.68. The van der Waals surface area contributed by atoms with Gasteiger partial charge in [-0.15, -0.1) is 0 Å². The van der Waals surface area contributed by atoms with Gasteiger partial charge in [0.1, 0.15) is 0 Å². The topological polar surface area (TPSA) is 43.4 Å². The zero-order valence-corrected chi connectivity index (χ0v) is 11.1. The molecule has 0 fully saturated rings. The molecular weight excluding hydrogens is 228 g/mol. The predicted octanol–water partition coefficient (Wildman–Crippen LogP) is 2.48. The van der Waals surface area contributed by atoms with E-state index < -0.39 is 0 Å². The Bertz CT molecular complexity index is 503. The number of esters is 1. The van der Waals surface area contributed by atoms with Crippen LogP contribution in [0, 0.1) is 12.8 Å². The maximum atomic E-state index is 11.6. The van der Waals surface area contributed by atoms with Crippen LogP contribution in [0.3, 0.4) is 0 Å². The molecule has 96 valence electrons. The first kappa shape index (κ1) is 12.8. The molecule has 1 atom stereocenters. The molecule has 1 aliphatic carbocycles. The summed E-state index contributed by atoms with van der Waals surface area (Å²) in [5.41, 5.74) is 4.17. The smallest absolute Gasteiger partial charge is 0.309 e. The molecule has 1 aliphatic rings. The number of methoxy groups -OCH3 is 1. The molecule has 0 saturated carbocycles. The van der Waals surface area contributed by atoms with E-state index in [-0.39, 0.29) is 17.7 Å². The van der Waals surface area contributed by atoms with Crippen molar-refractivity contribution in [2.75, 3.05) is 7.11 Å². The maximum Gasteiger partial charge on any atom is 0.309 e. The molecule has 2 rings (SSSR count). The average molecular weight is 246 g/mol. The zero-order chi connectivity index (χ0) is 13.3. The number of Topliss-reactive ketones (excluding diaryl/α,β-unsaturated/α-hetero) is 1. The summed E-state index contributed by atoms with van der Waals surface area (Å²) >= 11 is 0. The quantitative estimate of drug-likeness (QED) is 0.594. The van der Waals surface area contributed by atoms with Crippen molar-refractivity contribution in [2.45, 2.75) is 33.1 Å². The van der Waals surface area contributed by atoms with E-state index in [2.05, 4.69) is 6.07 Å². The summed E-state index contributed by atoms with van der Waals surface area (Å²) in [7, 11) is 1.42. The van der Waals surface area contributed by atoms with E-state index >= 15 is 0 Å². The highest BCUT2D eigenvalue weighted by Crippen LogP contribution is 2.29. The molecule has 1 unspecified atom stereocenters. The predicted molar refractivity (Wildman–Crippen MR) is 68.7 cm³/mol. The molecule has 1 aromatic rings. The van der Waals surface area contributed by atoms with Gasteiger partial charge in [0.25, 0.3) is 0 Å². The van der Waals surface area contributed by atoms with Crippen LogP contribution in [0.25, 0.3) is 0 Å². The Labute approximate surface area is 107 Å². The minimum absolute atomic E-state index is 0.0648. The molecule has 18 heavy (non-hydrogen) atoms. The number of carbonyl (C=O) groups excluding carboxylic acids is 2. The third-order valence-corrected chi connectivity index (χ3v) is 3.69. The summed E-state index contributed by atoms with van der Waals surface area (Å²) in [6.07, 6.45) is 2.40. The van der Waals surface area contributed by atoms with Crippen LogP contribution in [0.4, 0.5) is 0 Å². The lowest BCUT2D eigenvalue weighted by Gasteiger charge is -2.24. The zero-order valence-electron chi connectivity index (χ0n) is 11.1. The number of benzene rings is 1. The first-order chi connectivity index (χ1) is 8.52. The van der Waals surface area contributed by atoms with E-state index in [1.54, 1.807) is 6.92 Å². The Morgan fingerprint density at radius 2 is 2.00 bits per heavy atom. The van der Waals surface area contributed by atoms with Crippen molar-refractivity contribution in [3.8, 4) is 0 Å². The molecule has 3 heteroatoms. The molecule has 0 amide bonds. The van der Waals surface area contributed by atoms with Gasteiger partial charge in [-0.1, -0.05) is 6.07 Å². The number of rotatable bonds is 2. The lowest BCUT2D eigenvalue weighted by molar-refractivity contribution is -0.145. The second kappa shape index (κ2) is 4.92. The molecule has 0 N–H and O–H groups in total. The average Bonchev–Trinajstić information content (AvgIpc) is 2.36. The van der Waals surface area contributed by atoms with Crippen LogP contribution in [0.5, 0.6) is 0 Å². The van der Waals surface area contributed by atoms with Crippen LogP contribution < -0.4 is 0 Å². The van der Waals surface area contributed by atoms with Gasteiger partial charge in [0.05, 0.1) is 13.0 Å². The van der Waals surface area contributed by atoms with Gasteiger partial charge < -0.3 is 4.74 Å². The minimum atomic E-state index is -0.148. The van der Waals surface area contributed by atoms with Crippen LogP contribution in [0.2, 0.25) is 0 Å². The maximum absolute atomic E-state index is 11.6. The van der Waals surface area contributed by atoms with Crippen molar-refractivity contribution in [1.82, 2.24) is 0 Å². The molecule has 0 heterocycles. The van der Waals surface area contributed by atoms with E-state index in [1.165, 1.54) is 12.7 Å². The van der Waals surface area contributed by atoms with Crippen molar-refractivity contribution in [3.05, 3.63) is 34.4 Å². The molecule has 1 aromatic carbocycles. The third kappa shape index (κ3) is 2.30. The molecule has 0 spiro atoms. The van der Waals surface area contributed by atoms with Crippen molar-refractivity contribution < 1.29 is 14.3 Å². The Morgan fingerprint density at radius 3 is 2.61 bits per heavy atom. The lowest BCUT2D eigenvalue weighted by atomic mass is 9.82. The first-order valence-corrected chi connectivity index (χ1v) is 6.24. The summed E-state index contributed by atoms with van der Waals surface area (Å²) in [5.74, 6) is -0.133. The van der Waals surface area contributed by atoms with Gasteiger partial charge in [-0.2, -0.15) is 0 Å². The second-order valence-corrected chi connectivity index (χ2v) is 4.95.